The lowest BCUT2D eigenvalue weighted by Crippen LogP contribution is -2.37. The number of methoxy groups -OCH3 is 1. The van der Waals surface area contributed by atoms with Crippen molar-refractivity contribution in [3.63, 3.8) is 0 Å². The summed E-state index contributed by atoms with van der Waals surface area (Å²) in [5.74, 6) is 1.66. The molecule has 5 nitrogen and oxygen atoms in total. The number of nitrogens with zero attached hydrogens (tertiary/aromatic N) is 3. The van der Waals surface area contributed by atoms with E-state index in [1.807, 2.05) is 31.2 Å². The topological polar surface area (TPSA) is 64.3 Å². The Balaban J connectivity index is 2.01. The molecule has 3 rings (SSSR count). The molecule has 0 spiro atoms. The van der Waals surface area contributed by atoms with Crippen molar-refractivity contribution >= 4 is 11.5 Å². The molecule has 0 radical (unpaired) electrons. The Hall–Kier alpha value is -2.14. The van der Waals surface area contributed by atoms with Gasteiger partial charge in [0.05, 0.1) is 0 Å². The van der Waals surface area contributed by atoms with Gasteiger partial charge in [-0.05, 0) is 37.1 Å². The molecule has 1 aromatic carbocycles. The zero-order chi connectivity index (χ0) is 14.1. The summed E-state index contributed by atoms with van der Waals surface area (Å²) in [6.45, 7) is 2.75. The van der Waals surface area contributed by atoms with Crippen LogP contribution in [-0.4, -0.2) is 23.6 Å². The molecule has 0 amide bonds. The second kappa shape index (κ2) is 5.09. The molecule has 2 aromatic rings. The maximum atomic E-state index is 5.86. The van der Waals surface area contributed by atoms with E-state index < -0.39 is 0 Å². The smallest absolute Gasteiger partial charge is 0.157 e. The van der Waals surface area contributed by atoms with Crippen LogP contribution >= 0.6 is 0 Å². The Morgan fingerprint density at radius 3 is 2.95 bits per heavy atom. The molecule has 1 aliphatic heterocycles. The molecule has 2 heterocycles. The predicted molar refractivity (Wildman–Crippen MR) is 78.4 cm³/mol. The molecule has 0 fully saturated rings. The second-order valence-electron chi connectivity index (χ2n) is 4.95. The van der Waals surface area contributed by atoms with Gasteiger partial charge in [0.25, 0.3) is 0 Å². The number of nitrogens with two attached hydrogens (primary N) is 1. The molecule has 1 aliphatic rings. The van der Waals surface area contributed by atoms with Gasteiger partial charge in [0.1, 0.15) is 11.6 Å². The molecule has 0 bridgehead atoms. The highest BCUT2D eigenvalue weighted by Crippen LogP contribution is 2.34. The van der Waals surface area contributed by atoms with Crippen LogP contribution in [0.1, 0.15) is 23.2 Å². The average Bonchev–Trinajstić information content (AvgIpc) is 2.45. The number of aromatic nitrogens is 2. The maximum absolute atomic E-state index is 5.86. The number of rotatable bonds is 2. The first-order valence-corrected chi connectivity index (χ1v) is 6.66. The van der Waals surface area contributed by atoms with Crippen LogP contribution in [0.2, 0.25) is 0 Å². The normalized spacial score (nSPS) is 17.9. The second-order valence-corrected chi connectivity index (χ2v) is 4.95. The maximum Gasteiger partial charge on any atom is 0.157 e. The van der Waals surface area contributed by atoms with Crippen LogP contribution in [0.3, 0.4) is 0 Å². The monoisotopic (exact) mass is 270 g/mol. The lowest BCUT2D eigenvalue weighted by atomic mass is 9.97. The zero-order valence-corrected chi connectivity index (χ0v) is 11.7. The molecule has 1 atom stereocenters. The quantitative estimate of drug-likeness (QED) is 0.846. The van der Waals surface area contributed by atoms with Gasteiger partial charge in [-0.1, -0.05) is 6.07 Å². The standard InChI is InChI=1S/C15H18N4O/c1-10-17-7-5-14(18-10)19-8-6-11-9-12(16)3-4-13(11)15(19)20-2/h3-5,7,9,15H,6,8,16H2,1-2H3. The lowest BCUT2D eigenvalue weighted by Gasteiger charge is -2.37. The summed E-state index contributed by atoms with van der Waals surface area (Å²) in [5.41, 5.74) is 9.06. The summed E-state index contributed by atoms with van der Waals surface area (Å²) in [4.78, 5) is 10.8. The van der Waals surface area contributed by atoms with Crippen molar-refractivity contribution in [3.8, 4) is 0 Å². The third kappa shape index (κ3) is 2.20. The van der Waals surface area contributed by atoms with Crippen LogP contribution in [0.4, 0.5) is 11.5 Å². The fourth-order valence-corrected chi connectivity index (χ4v) is 2.70. The Morgan fingerprint density at radius 1 is 1.35 bits per heavy atom. The van der Waals surface area contributed by atoms with Gasteiger partial charge >= 0.3 is 0 Å². The average molecular weight is 270 g/mol. The number of nitrogen functional groups attached to an aromatic ring is 1. The van der Waals surface area contributed by atoms with E-state index in [0.717, 1.165) is 35.9 Å². The van der Waals surface area contributed by atoms with E-state index in [1.165, 1.54) is 5.56 Å². The third-order valence-electron chi connectivity index (χ3n) is 3.62. The first kappa shape index (κ1) is 12.9. The third-order valence-corrected chi connectivity index (χ3v) is 3.62. The SMILES string of the molecule is COC1c2ccc(N)cc2CCN1c1ccnc(C)n1. The van der Waals surface area contributed by atoms with E-state index >= 15 is 0 Å². The van der Waals surface area contributed by atoms with Crippen LogP contribution in [0.15, 0.2) is 30.5 Å². The van der Waals surface area contributed by atoms with Gasteiger partial charge in [-0.25, -0.2) is 9.97 Å². The summed E-state index contributed by atoms with van der Waals surface area (Å²) in [5, 5.41) is 0. The summed E-state index contributed by atoms with van der Waals surface area (Å²) >= 11 is 0. The molecule has 104 valence electrons. The van der Waals surface area contributed by atoms with E-state index in [2.05, 4.69) is 14.9 Å². The highest BCUT2D eigenvalue weighted by Gasteiger charge is 2.28. The van der Waals surface area contributed by atoms with Gasteiger partial charge in [0.15, 0.2) is 6.23 Å². The van der Waals surface area contributed by atoms with Gasteiger partial charge in [0.2, 0.25) is 0 Å². The Bertz CT molecular complexity index is 629. The lowest BCUT2D eigenvalue weighted by molar-refractivity contribution is 0.0937. The highest BCUT2D eigenvalue weighted by atomic mass is 16.5. The molecule has 0 saturated heterocycles. The van der Waals surface area contributed by atoms with Crippen LogP contribution in [0.25, 0.3) is 0 Å². The summed E-state index contributed by atoms with van der Waals surface area (Å²) in [6.07, 6.45) is 2.58. The minimum Gasteiger partial charge on any atom is -0.399 e. The summed E-state index contributed by atoms with van der Waals surface area (Å²) < 4.78 is 5.69. The van der Waals surface area contributed by atoms with E-state index in [9.17, 15) is 0 Å². The number of ether oxygens (including phenoxy) is 1. The number of anilines is 2. The highest BCUT2D eigenvalue weighted by molar-refractivity contribution is 5.51. The summed E-state index contributed by atoms with van der Waals surface area (Å²) in [6, 6.07) is 7.91. The van der Waals surface area contributed by atoms with E-state index in [-0.39, 0.29) is 6.23 Å². The zero-order valence-electron chi connectivity index (χ0n) is 11.7. The Kier molecular flexibility index (Phi) is 3.28. The van der Waals surface area contributed by atoms with Crippen molar-refractivity contribution in [2.75, 3.05) is 24.3 Å². The van der Waals surface area contributed by atoms with E-state index in [0.29, 0.717) is 0 Å². The van der Waals surface area contributed by atoms with Crippen LogP contribution in [0.5, 0.6) is 0 Å². The first-order chi connectivity index (χ1) is 9.69. The molecule has 0 aliphatic carbocycles. The predicted octanol–water partition coefficient (Wildman–Crippen LogP) is 2.07. The molecule has 1 unspecified atom stereocenters. The number of benzene rings is 1. The molecule has 1 aromatic heterocycles. The minimum atomic E-state index is -0.131. The van der Waals surface area contributed by atoms with Crippen LogP contribution < -0.4 is 10.6 Å². The molecule has 5 heteroatoms. The fraction of sp³-hybridized carbons (Fsp3) is 0.333. The minimum absolute atomic E-state index is 0.131. The molecule has 0 saturated carbocycles. The number of hydrogen-bond acceptors (Lipinski definition) is 5. The van der Waals surface area contributed by atoms with Crippen LogP contribution in [-0.2, 0) is 11.2 Å². The Morgan fingerprint density at radius 2 is 2.20 bits per heavy atom. The van der Waals surface area contributed by atoms with Crippen molar-refractivity contribution in [1.29, 1.82) is 0 Å². The van der Waals surface area contributed by atoms with E-state index in [1.54, 1.807) is 13.3 Å². The summed E-state index contributed by atoms with van der Waals surface area (Å²) in [7, 11) is 1.72. The van der Waals surface area contributed by atoms with Gasteiger partial charge in [-0.3, -0.25) is 0 Å². The largest absolute Gasteiger partial charge is 0.399 e. The number of aryl methyl sites for hydroxylation is 1. The molecular formula is C15H18N4O. The van der Waals surface area contributed by atoms with Crippen LogP contribution in [0, 0.1) is 6.92 Å². The van der Waals surface area contributed by atoms with Crippen molar-refractivity contribution in [1.82, 2.24) is 9.97 Å². The number of fused-ring (bicyclic) bond motifs is 1. The molecule has 2 N–H and O–H groups in total. The van der Waals surface area contributed by atoms with Gasteiger partial charge < -0.3 is 15.4 Å². The van der Waals surface area contributed by atoms with Crippen molar-refractivity contribution in [2.45, 2.75) is 19.6 Å². The fourth-order valence-electron chi connectivity index (χ4n) is 2.70. The van der Waals surface area contributed by atoms with Gasteiger partial charge in [-0.2, -0.15) is 0 Å². The van der Waals surface area contributed by atoms with Crippen molar-refractivity contribution in [3.05, 3.63) is 47.4 Å². The van der Waals surface area contributed by atoms with Gasteiger partial charge in [-0.15, -0.1) is 0 Å². The molecule has 20 heavy (non-hydrogen) atoms. The van der Waals surface area contributed by atoms with E-state index in [4.69, 9.17) is 10.5 Å². The van der Waals surface area contributed by atoms with Gasteiger partial charge in [0, 0.05) is 31.1 Å². The van der Waals surface area contributed by atoms with Crippen molar-refractivity contribution in [2.24, 2.45) is 0 Å². The first-order valence-electron chi connectivity index (χ1n) is 6.66. The number of hydrogen-bond donors (Lipinski definition) is 1. The van der Waals surface area contributed by atoms with Crippen molar-refractivity contribution < 1.29 is 4.74 Å². The molecular weight excluding hydrogens is 252 g/mol. The Labute approximate surface area is 118 Å².